The number of rotatable bonds is 0. The van der Waals surface area contributed by atoms with Gasteiger partial charge in [0.05, 0.1) is 0 Å². The fourth-order valence-electron chi connectivity index (χ4n) is 3.38. The number of para-hydroxylation sites is 1. The molecule has 0 aliphatic carbocycles. The van der Waals surface area contributed by atoms with Gasteiger partial charge in [-0.2, -0.15) is 0 Å². The lowest BCUT2D eigenvalue weighted by Gasteiger charge is -2.13. The number of benzene rings is 2. The molecule has 2 aromatic carbocycles. The van der Waals surface area contributed by atoms with E-state index in [0.717, 1.165) is 27.1 Å². The highest BCUT2D eigenvalue weighted by Gasteiger charge is 2.40. The molecule has 102 valence electrons. The SMILES string of the molecule is Brc1ccc2c(c1)C1=C(c3ccccc3O2)C2C=CC1O2. The Bertz CT molecular complexity index is 835. The first-order valence-corrected chi connectivity index (χ1v) is 7.75. The van der Waals surface area contributed by atoms with E-state index >= 15 is 0 Å². The third kappa shape index (κ3) is 1.56. The molecule has 2 aromatic rings. The molecule has 0 saturated carbocycles. The van der Waals surface area contributed by atoms with Crippen molar-refractivity contribution in [1.29, 1.82) is 0 Å². The summed E-state index contributed by atoms with van der Waals surface area (Å²) in [5.74, 6) is 1.79. The minimum Gasteiger partial charge on any atom is -0.456 e. The Morgan fingerprint density at radius 1 is 0.810 bits per heavy atom. The predicted molar refractivity (Wildman–Crippen MR) is 85.3 cm³/mol. The van der Waals surface area contributed by atoms with Gasteiger partial charge in [-0.1, -0.05) is 46.3 Å². The number of fused-ring (bicyclic) bond motifs is 8. The molecule has 0 aromatic heterocycles. The van der Waals surface area contributed by atoms with Crippen LogP contribution in [-0.4, -0.2) is 12.2 Å². The van der Waals surface area contributed by atoms with Crippen LogP contribution in [0.15, 0.2) is 59.1 Å². The molecule has 3 heterocycles. The molecule has 3 aliphatic heterocycles. The van der Waals surface area contributed by atoms with Crippen molar-refractivity contribution >= 4 is 27.1 Å². The zero-order valence-corrected chi connectivity index (χ0v) is 12.6. The van der Waals surface area contributed by atoms with Crippen molar-refractivity contribution in [3.8, 4) is 11.5 Å². The lowest BCUT2D eigenvalue weighted by Crippen LogP contribution is -2.04. The second-order valence-electron chi connectivity index (χ2n) is 5.43. The molecule has 3 heteroatoms. The van der Waals surface area contributed by atoms with Crippen molar-refractivity contribution in [1.82, 2.24) is 0 Å². The molecule has 0 spiro atoms. The Morgan fingerprint density at radius 3 is 2.38 bits per heavy atom. The predicted octanol–water partition coefficient (Wildman–Crippen LogP) is 4.80. The summed E-state index contributed by atoms with van der Waals surface area (Å²) in [6.07, 6.45) is 4.36. The van der Waals surface area contributed by atoms with E-state index < -0.39 is 0 Å². The molecule has 2 unspecified atom stereocenters. The van der Waals surface area contributed by atoms with Gasteiger partial charge in [-0.25, -0.2) is 0 Å². The van der Waals surface area contributed by atoms with Crippen LogP contribution in [0.5, 0.6) is 11.5 Å². The molecule has 21 heavy (non-hydrogen) atoms. The maximum Gasteiger partial charge on any atom is 0.135 e. The third-order valence-corrected chi connectivity index (χ3v) is 4.74. The van der Waals surface area contributed by atoms with E-state index in [1.165, 1.54) is 11.1 Å². The van der Waals surface area contributed by atoms with Gasteiger partial charge in [-0.3, -0.25) is 0 Å². The normalized spacial score (nSPS) is 24.2. The lowest BCUT2D eigenvalue weighted by atomic mass is 9.87. The van der Waals surface area contributed by atoms with Gasteiger partial charge in [0.2, 0.25) is 0 Å². The largest absolute Gasteiger partial charge is 0.456 e. The van der Waals surface area contributed by atoms with E-state index in [1.807, 2.05) is 24.3 Å². The number of halogens is 1. The molecular formula is C18H11BrO2. The van der Waals surface area contributed by atoms with Crippen LogP contribution in [0.1, 0.15) is 11.1 Å². The van der Waals surface area contributed by atoms with Gasteiger partial charge in [-0.15, -0.1) is 0 Å². The highest BCUT2D eigenvalue weighted by atomic mass is 79.9. The first-order chi connectivity index (χ1) is 10.3. The van der Waals surface area contributed by atoms with Crippen molar-refractivity contribution in [2.75, 3.05) is 0 Å². The molecule has 0 radical (unpaired) electrons. The van der Waals surface area contributed by atoms with Gasteiger partial charge in [-0.05, 0) is 24.3 Å². The molecule has 2 atom stereocenters. The van der Waals surface area contributed by atoms with E-state index in [9.17, 15) is 0 Å². The molecular weight excluding hydrogens is 328 g/mol. The highest BCUT2D eigenvalue weighted by molar-refractivity contribution is 9.10. The van der Waals surface area contributed by atoms with Crippen LogP contribution in [-0.2, 0) is 4.74 Å². The molecule has 0 saturated heterocycles. The Morgan fingerprint density at radius 2 is 1.52 bits per heavy atom. The molecule has 2 nitrogen and oxygen atoms in total. The molecule has 0 fully saturated rings. The zero-order valence-electron chi connectivity index (χ0n) is 11.0. The van der Waals surface area contributed by atoms with Crippen LogP contribution in [0.25, 0.3) is 11.1 Å². The summed E-state index contributed by atoms with van der Waals surface area (Å²) >= 11 is 3.56. The van der Waals surface area contributed by atoms with Crippen molar-refractivity contribution in [3.63, 3.8) is 0 Å². The first-order valence-electron chi connectivity index (χ1n) is 6.96. The molecule has 0 N–H and O–H groups in total. The lowest BCUT2D eigenvalue weighted by molar-refractivity contribution is 0.143. The minimum absolute atomic E-state index is 0.0350. The molecule has 5 rings (SSSR count). The Balaban J connectivity index is 1.88. The maximum atomic E-state index is 6.17. The summed E-state index contributed by atoms with van der Waals surface area (Å²) in [6.45, 7) is 0. The topological polar surface area (TPSA) is 18.5 Å². The smallest absolute Gasteiger partial charge is 0.135 e. The van der Waals surface area contributed by atoms with Crippen LogP contribution < -0.4 is 4.74 Å². The van der Waals surface area contributed by atoms with Gasteiger partial charge in [0.1, 0.15) is 23.7 Å². The van der Waals surface area contributed by atoms with Crippen LogP contribution in [0.3, 0.4) is 0 Å². The quantitative estimate of drug-likeness (QED) is 0.642. The second-order valence-corrected chi connectivity index (χ2v) is 6.34. The Hall–Kier alpha value is -1.84. The standard InChI is InChI=1S/C18H11BrO2/c19-10-5-6-14-12(9-10)18-16-8-7-15(21-16)17(18)11-3-1-2-4-13(11)20-14/h1-9,15-16H. The van der Waals surface area contributed by atoms with E-state index in [-0.39, 0.29) is 12.2 Å². The average molecular weight is 339 g/mol. The van der Waals surface area contributed by atoms with Crippen molar-refractivity contribution in [2.24, 2.45) is 0 Å². The van der Waals surface area contributed by atoms with E-state index in [4.69, 9.17) is 9.47 Å². The van der Waals surface area contributed by atoms with Gasteiger partial charge in [0, 0.05) is 26.7 Å². The van der Waals surface area contributed by atoms with Gasteiger partial charge < -0.3 is 9.47 Å². The van der Waals surface area contributed by atoms with Crippen molar-refractivity contribution in [3.05, 3.63) is 70.2 Å². The summed E-state index contributed by atoms with van der Waals surface area (Å²) in [5.41, 5.74) is 4.74. The molecule has 0 amide bonds. The second kappa shape index (κ2) is 4.09. The minimum atomic E-state index is 0.0350. The Labute approximate surface area is 130 Å². The summed E-state index contributed by atoms with van der Waals surface area (Å²) < 4.78 is 13.3. The zero-order chi connectivity index (χ0) is 14.0. The van der Waals surface area contributed by atoms with E-state index in [1.54, 1.807) is 0 Å². The summed E-state index contributed by atoms with van der Waals surface area (Å²) in [7, 11) is 0. The van der Waals surface area contributed by atoms with Gasteiger partial charge >= 0.3 is 0 Å². The number of hydrogen-bond donors (Lipinski definition) is 0. The highest BCUT2D eigenvalue weighted by Crippen LogP contribution is 2.52. The maximum absolute atomic E-state index is 6.17. The summed E-state index contributed by atoms with van der Waals surface area (Å²) in [5, 5.41) is 0. The van der Waals surface area contributed by atoms with Crippen LogP contribution >= 0.6 is 15.9 Å². The number of ether oxygens (including phenoxy) is 2. The van der Waals surface area contributed by atoms with Crippen LogP contribution in [0.4, 0.5) is 0 Å². The van der Waals surface area contributed by atoms with Gasteiger partial charge in [0.25, 0.3) is 0 Å². The average Bonchev–Trinajstić information content (AvgIpc) is 3.07. The Kier molecular flexibility index (Phi) is 2.29. The number of hydrogen-bond acceptors (Lipinski definition) is 2. The fraction of sp³-hybridized carbons (Fsp3) is 0.111. The molecule has 2 bridgehead atoms. The first kappa shape index (κ1) is 11.8. The fourth-order valence-corrected chi connectivity index (χ4v) is 3.74. The van der Waals surface area contributed by atoms with Gasteiger partial charge in [0.15, 0.2) is 0 Å². The summed E-state index contributed by atoms with van der Waals surface area (Å²) in [6, 6.07) is 14.3. The van der Waals surface area contributed by atoms with Crippen molar-refractivity contribution in [2.45, 2.75) is 12.2 Å². The van der Waals surface area contributed by atoms with Crippen LogP contribution in [0.2, 0.25) is 0 Å². The van der Waals surface area contributed by atoms with Crippen LogP contribution in [0, 0.1) is 0 Å². The van der Waals surface area contributed by atoms with Crippen molar-refractivity contribution < 1.29 is 9.47 Å². The van der Waals surface area contributed by atoms with E-state index in [2.05, 4.69) is 46.3 Å². The molecule has 3 aliphatic rings. The summed E-state index contributed by atoms with van der Waals surface area (Å²) in [4.78, 5) is 0. The monoisotopic (exact) mass is 338 g/mol. The third-order valence-electron chi connectivity index (χ3n) is 4.24. The van der Waals surface area contributed by atoms with E-state index in [0.29, 0.717) is 0 Å².